The van der Waals surface area contributed by atoms with Crippen molar-refractivity contribution in [3.63, 3.8) is 0 Å². The van der Waals surface area contributed by atoms with Gasteiger partial charge >= 0.3 is 0 Å². The predicted molar refractivity (Wildman–Crippen MR) is 72.1 cm³/mol. The molecule has 1 aromatic heterocycles. The van der Waals surface area contributed by atoms with E-state index in [2.05, 4.69) is 5.32 Å². The molecule has 0 unspecified atom stereocenters. The average molecular weight is 297 g/mol. The standard InChI is InChI=1S/C14H11ClF2N2O/c15-9-7-19-5-1-2-12(19)13(9)14(20)18-8-3-4-10(16)11(17)6-8/h3-4,6-7H,1-2,5H2,(H,18,20). The van der Waals surface area contributed by atoms with Gasteiger partial charge in [-0.3, -0.25) is 4.79 Å². The van der Waals surface area contributed by atoms with Crippen LogP contribution in [0.4, 0.5) is 14.5 Å². The van der Waals surface area contributed by atoms with Gasteiger partial charge in [0.05, 0.1) is 10.6 Å². The largest absolute Gasteiger partial charge is 0.349 e. The molecule has 0 bridgehead atoms. The van der Waals surface area contributed by atoms with Crippen LogP contribution in [0.2, 0.25) is 5.02 Å². The lowest BCUT2D eigenvalue weighted by Crippen LogP contribution is -2.14. The number of nitrogens with zero attached hydrogens (tertiary/aromatic N) is 1. The SMILES string of the molecule is O=C(Nc1ccc(F)c(F)c1)c1c(Cl)cn2c1CCC2. The zero-order chi connectivity index (χ0) is 14.3. The highest BCUT2D eigenvalue weighted by atomic mass is 35.5. The summed E-state index contributed by atoms with van der Waals surface area (Å²) < 4.78 is 27.9. The normalized spacial score (nSPS) is 13.3. The van der Waals surface area contributed by atoms with Crippen molar-refractivity contribution in [3.8, 4) is 0 Å². The quantitative estimate of drug-likeness (QED) is 0.902. The Morgan fingerprint density at radius 3 is 2.85 bits per heavy atom. The van der Waals surface area contributed by atoms with Gasteiger partial charge in [0.15, 0.2) is 11.6 Å². The maximum atomic E-state index is 13.1. The number of aromatic nitrogens is 1. The number of aryl methyl sites for hydroxylation is 1. The number of benzene rings is 1. The maximum absolute atomic E-state index is 13.1. The molecule has 0 fully saturated rings. The van der Waals surface area contributed by atoms with Crippen LogP contribution >= 0.6 is 11.6 Å². The summed E-state index contributed by atoms with van der Waals surface area (Å²) in [5, 5.41) is 2.91. The van der Waals surface area contributed by atoms with E-state index in [0.717, 1.165) is 37.2 Å². The van der Waals surface area contributed by atoms with Crippen LogP contribution in [0.1, 0.15) is 22.5 Å². The number of fused-ring (bicyclic) bond motifs is 1. The van der Waals surface area contributed by atoms with Crippen molar-refractivity contribution in [2.24, 2.45) is 0 Å². The molecule has 1 amide bonds. The van der Waals surface area contributed by atoms with Crippen molar-refractivity contribution in [2.45, 2.75) is 19.4 Å². The minimum absolute atomic E-state index is 0.197. The van der Waals surface area contributed by atoms with Crippen LogP contribution in [0.3, 0.4) is 0 Å². The first-order valence-corrected chi connectivity index (χ1v) is 6.58. The number of halogens is 3. The Hall–Kier alpha value is -1.88. The molecular formula is C14H11ClF2N2O. The number of hydrogen-bond acceptors (Lipinski definition) is 1. The first-order chi connectivity index (χ1) is 9.56. The minimum atomic E-state index is -1.00. The second-order valence-electron chi connectivity index (χ2n) is 4.68. The van der Waals surface area contributed by atoms with Gasteiger partial charge in [-0.05, 0) is 25.0 Å². The fourth-order valence-electron chi connectivity index (χ4n) is 2.45. The molecule has 0 radical (unpaired) electrons. The van der Waals surface area contributed by atoms with Crippen molar-refractivity contribution in [1.29, 1.82) is 0 Å². The molecule has 3 nitrogen and oxygen atoms in total. The molecular weight excluding hydrogens is 286 g/mol. The van der Waals surface area contributed by atoms with Crippen molar-refractivity contribution >= 4 is 23.2 Å². The lowest BCUT2D eigenvalue weighted by atomic mass is 10.1. The fraction of sp³-hybridized carbons (Fsp3) is 0.214. The van der Waals surface area contributed by atoms with E-state index in [1.165, 1.54) is 6.07 Å². The summed E-state index contributed by atoms with van der Waals surface area (Å²) in [5.41, 5.74) is 1.49. The first kappa shape index (κ1) is 13.1. The molecule has 1 N–H and O–H groups in total. The van der Waals surface area contributed by atoms with E-state index in [-0.39, 0.29) is 5.69 Å². The van der Waals surface area contributed by atoms with E-state index in [1.807, 2.05) is 4.57 Å². The topological polar surface area (TPSA) is 34.0 Å². The molecule has 6 heteroatoms. The third kappa shape index (κ3) is 2.18. The van der Waals surface area contributed by atoms with Crippen LogP contribution < -0.4 is 5.32 Å². The van der Waals surface area contributed by atoms with Crippen molar-refractivity contribution in [3.05, 3.63) is 52.3 Å². The predicted octanol–water partition coefficient (Wildman–Crippen LogP) is 3.62. The van der Waals surface area contributed by atoms with Gasteiger partial charge < -0.3 is 9.88 Å². The first-order valence-electron chi connectivity index (χ1n) is 6.20. The number of rotatable bonds is 2. The van der Waals surface area contributed by atoms with Crippen LogP contribution in [-0.2, 0) is 13.0 Å². The average Bonchev–Trinajstić information content (AvgIpc) is 2.93. The number of amides is 1. The van der Waals surface area contributed by atoms with E-state index < -0.39 is 17.5 Å². The van der Waals surface area contributed by atoms with E-state index in [4.69, 9.17) is 11.6 Å². The zero-order valence-corrected chi connectivity index (χ0v) is 11.2. The number of carbonyl (C=O) groups excluding carboxylic acids is 1. The number of anilines is 1. The molecule has 0 aliphatic carbocycles. The van der Waals surface area contributed by atoms with Gasteiger partial charge in [0.1, 0.15) is 0 Å². The van der Waals surface area contributed by atoms with E-state index in [1.54, 1.807) is 6.20 Å². The third-order valence-electron chi connectivity index (χ3n) is 3.36. The Morgan fingerprint density at radius 1 is 1.30 bits per heavy atom. The molecule has 20 heavy (non-hydrogen) atoms. The van der Waals surface area contributed by atoms with Gasteiger partial charge in [-0.15, -0.1) is 0 Å². The summed E-state index contributed by atoms with van der Waals surface area (Å²) >= 11 is 6.06. The molecule has 1 aliphatic heterocycles. The summed E-state index contributed by atoms with van der Waals surface area (Å²) in [4.78, 5) is 12.2. The van der Waals surface area contributed by atoms with Crippen LogP contribution in [0, 0.1) is 11.6 Å². The second kappa shape index (κ2) is 4.90. The summed E-state index contributed by atoms with van der Waals surface area (Å²) in [6.45, 7) is 0.841. The monoisotopic (exact) mass is 296 g/mol. The molecule has 0 saturated heterocycles. The smallest absolute Gasteiger partial charge is 0.259 e. The van der Waals surface area contributed by atoms with Gasteiger partial charge in [-0.25, -0.2) is 8.78 Å². The van der Waals surface area contributed by atoms with E-state index in [0.29, 0.717) is 10.6 Å². The van der Waals surface area contributed by atoms with Crippen LogP contribution in [0.15, 0.2) is 24.4 Å². The maximum Gasteiger partial charge on any atom is 0.259 e. The summed E-state index contributed by atoms with van der Waals surface area (Å²) in [5.74, 6) is -2.36. The van der Waals surface area contributed by atoms with Gasteiger partial charge in [0.2, 0.25) is 0 Å². The van der Waals surface area contributed by atoms with E-state index >= 15 is 0 Å². The molecule has 104 valence electrons. The van der Waals surface area contributed by atoms with Crippen LogP contribution in [0.5, 0.6) is 0 Å². The number of carbonyl (C=O) groups is 1. The molecule has 1 aromatic carbocycles. The van der Waals surface area contributed by atoms with Gasteiger partial charge in [0, 0.05) is 30.2 Å². The molecule has 1 aliphatic rings. The van der Waals surface area contributed by atoms with Gasteiger partial charge in [-0.1, -0.05) is 11.6 Å². The lowest BCUT2D eigenvalue weighted by Gasteiger charge is -2.06. The van der Waals surface area contributed by atoms with Gasteiger partial charge in [-0.2, -0.15) is 0 Å². The fourth-order valence-corrected chi connectivity index (χ4v) is 2.77. The Bertz CT molecular complexity index is 697. The molecule has 0 saturated carbocycles. The number of hydrogen-bond donors (Lipinski definition) is 1. The summed E-state index contributed by atoms with van der Waals surface area (Å²) in [6, 6.07) is 3.22. The Labute approximate surface area is 119 Å². The minimum Gasteiger partial charge on any atom is -0.349 e. The second-order valence-corrected chi connectivity index (χ2v) is 5.09. The van der Waals surface area contributed by atoms with Crippen LogP contribution in [-0.4, -0.2) is 10.5 Å². The van der Waals surface area contributed by atoms with E-state index in [9.17, 15) is 13.6 Å². The summed E-state index contributed by atoms with van der Waals surface area (Å²) in [7, 11) is 0. The molecule has 0 spiro atoms. The lowest BCUT2D eigenvalue weighted by molar-refractivity contribution is 0.102. The zero-order valence-electron chi connectivity index (χ0n) is 10.4. The molecule has 0 atom stereocenters. The Morgan fingerprint density at radius 2 is 2.10 bits per heavy atom. The van der Waals surface area contributed by atoms with Crippen molar-refractivity contribution in [2.75, 3.05) is 5.32 Å². The highest BCUT2D eigenvalue weighted by Gasteiger charge is 2.24. The Balaban J connectivity index is 1.88. The van der Waals surface area contributed by atoms with Crippen LogP contribution in [0.25, 0.3) is 0 Å². The molecule has 2 heterocycles. The van der Waals surface area contributed by atoms with Gasteiger partial charge in [0.25, 0.3) is 5.91 Å². The Kier molecular flexibility index (Phi) is 3.22. The highest BCUT2D eigenvalue weighted by Crippen LogP contribution is 2.29. The summed E-state index contributed by atoms with van der Waals surface area (Å²) in [6.07, 6.45) is 3.48. The highest BCUT2D eigenvalue weighted by molar-refractivity contribution is 6.34. The third-order valence-corrected chi connectivity index (χ3v) is 3.65. The van der Waals surface area contributed by atoms with Crippen molar-refractivity contribution < 1.29 is 13.6 Å². The van der Waals surface area contributed by atoms with Crippen molar-refractivity contribution in [1.82, 2.24) is 4.57 Å². The number of nitrogens with one attached hydrogen (secondary N) is 1. The molecule has 3 rings (SSSR count). The molecule has 2 aromatic rings.